The van der Waals surface area contributed by atoms with E-state index >= 15 is 0 Å². The highest BCUT2D eigenvalue weighted by molar-refractivity contribution is 6.93. The van der Waals surface area contributed by atoms with Gasteiger partial charge in [0.1, 0.15) is 0 Å². The van der Waals surface area contributed by atoms with E-state index in [1.54, 1.807) is 0 Å². The van der Waals surface area contributed by atoms with Crippen LogP contribution >= 0.6 is 0 Å². The second kappa shape index (κ2) is 13.0. The number of aromatic nitrogens is 1. The molecule has 11 rings (SSSR count). The maximum Gasteiger partial charge on any atom is 0.333 e. The molecule has 3 heteroatoms. The Morgan fingerprint density at radius 1 is 0.579 bits per heavy atom. The summed E-state index contributed by atoms with van der Waals surface area (Å²) in [5.74, 6) is 0. The minimum absolute atomic E-state index is 0.0246. The van der Waals surface area contributed by atoms with Gasteiger partial charge in [0.2, 0.25) is 0 Å². The number of aryl methyl sites for hydroxylation is 3. The zero-order valence-electron chi connectivity index (χ0n) is 34.2. The first kappa shape index (κ1) is 34.7. The van der Waals surface area contributed by atoms with Gasteiger partial charge in [-0.05, 0) is 141 Å². The molecule has 7 aromatic carbocycles. The van der Waals surface area contributed by atoms with Crippen LogP contribution in [0.15, 0.2) is 121 Å². The molecule has 1 aliphatic carbocycles. The van der Waals surface area contributed by atoms with Crippen molar-refractivity contribution in [2.45, 2.75) is 91.4 Å². The summed E-state index contributed by atoms with van der Waals surface area (Å²) in [5, 5.41) is 5.33. The number of hydrogen-bond donors (Lipinski definition) is 0. The standard InChI is InChI=1S/C54H51BN2/c1-6-8-10-16-35-22-25-39(26-23-35)57-50-33-41-40-20-14-15-21-45(40)54(4,5)46(41)32-42(50)43-28-34(3)51-44-30-37-18-12-13-19-38(37)31-49(44)56-48-27-24-36(17-11-9-7-2)29-47(48)55(57)52(43)53(51)56/h12-15,18-33H,6-11,16-17H2,1-5H3. The van der Waals surface area contributed by atoms with E-state index in [0.717, 1.165) is 12.8 Å². The molecule has 2 nitrogen and oxygen atoms in total. The highest BCUT2D eigenvalue weighted by atomic mass is 15.1. The fraction of sp³-hybridized carbons (Fsp3) is 0.259. The summed E-state index contributed by atoms with van der Waals surface area (Å²) in [4.78, 5) is 2.74. The third kappa shape index (κ3) is 5.03. The zero-order valence-corrected chi connectivity index (χ0v) is 34.2. The smallest absolute Gasteiger partial charge is 0.333 e. The number of hydrogen-bond acceptors (Lipinski definition) is 1. The number of nitrogens with zero attached hydrogens (tertiary/aromatic N) is 2. The number of anilines is 2. The van der Waals surface area contributed by atoms with Crippen LogP contribution in [0.3, 0.4) is 0 Å². The van der Waals surface area contributed by atoms with Crippen molar-refractivity contribution in [2.24, 2.45) is 0 Å². The van der Waals surface area contributed by atoms with Crippen molar-refractivity contribution >= 4 is 61.7 Å². The Morgan fingerprint density at radius 3 is 2.05 bits per heavy atom. The lowest BCUT2D eigenvalue weighted by atomic mass is 9.43. The molecular weight excluding hydrogens is 687 g/mol. The molecule has 0 radical (unpaired) electrons. The topological polar surface area (TPSA) is 8.17 Å². The zero-order chi connectivity index (χ0) is 38.6. The summed E-state index contributed by atoms with van der Waals surface area (Å²) in [6.07, 6.45) is 9.71. The summed E-state index contributed by atoms with van der Waals surface area (Å²) in [5.41, 5.74) is 21.9. The van der Waals surface area contributed by atoms with Crippen molar-refractivity contribution in [3.05, 3.63) is 149 Å². The maximum atomic E-state index is 2.74. The van der Waals surface area contributed by atoms with Crippen molar-refractivity contribution in [1.82, 2.24) is 4.57 Å². The first-order valence-corrected chi connectivity index (χ1v) is 21.7. The van der Waals surface area contributed by atoms with Gasteiger partial charge in [-0.25, -0.2) is 0 Å². The van der Waals surface area contributed by atoms with Crippen molar-refractivity contribution < 1.29 is 0 Å². The predicted molar refractivity (Wildman–Crippen MR) is 246 cm³/mol. The lowest BCUT2D eigenvalue weighted by molar-refractivity contribution is 0.660. The van der Waals surface area contributed by atoms with Gasteiger partial charge in [-0.1, -0.05) is 132 Å². The van der Waals surface area contributed by atoms with Gasteiger partial charge in [-0.3, -0.25) is 0 Å². The molecule has 0 unspecified atom stereocenters. The molecule has 0 amide bonds. The van der Waals surface area contributed by atoms with E-state index in [4.69, 9.17) is 0 Å². The van der Waals surface area contributed by atoms with Crippen LogP contribution in [-0.4, -0.2) is 11.4 Å². The lowest BCUT2D eigenvalue weighted by Crippen LogP contribution is -2.60. The van der Waals surface area contributed by atoms with Gasteiger partial charge in [0.25, 0.3) is 0 Å². The summed E-state index contributed by atoms with van der Waals surface area (Å²) >= 11 is 0. The van der Waals surface area contributed by atoms with E-state index in [-0.39, 0.29) is 12.3 Å². The van der Waals surface area contributed by atoms with Crippen molar-refractivity contribution in [2.75, 3.05) is 4.81 Å². The quantitative estimate of drug-likeness (QED) is 0.106. The molecule has 0 bridgehead atoms. The molecule has 1 aromatic heterocycles. The summed E-state index contributed by atoms with van der Waals surface area (Å²) in [7, 11) is 0. The number of fused-ring (bicyclic) bond motifs is 12. The second-order valence-corrected chi connectivity index (χ2v) is 17.8. The molecule has 0 spiro atoms. The monoisotopic (exact) mass is 738 g/mol. The van der Waals surface area contributed by atoms with E-state index in [1.165, 1.54) is 149 Å². The summed E-state index contributed by atoms with van der Waals surface area (Å²) < 4.78 is 2.65. The van der Waals surface area contributed by atoms with Gasteiger partial charge in [-0.2, -0.15) is 0 Å². The minimum atomic E-state index is -0.0891. The van der Waals surface area contributed by atoms with Crippen molar-refractivity contribution in [1.29, 1.82) is 0 Å². The van der Waals surface area contributed by atoms with E-state index in [1.807, 2.05) is 0 Å². The van der Waals surface area contributed by atoms with Crippen molar-refractivity contribution in [3.63, 3.8) is 0 Å². The largest absolute Gasteiger partial charge is 0.376 e. The molecule has 2 aliphatic heterocycles. The third-order valence-electron chi connectivity index (χ3n) is 13.9. The van der Waals surface area contributed by atoms with Crippen LogP contribution in [0.5, 0.6) is 0 Å². The van der Waals surface area contributed by atoms with Crippen molar-refractivity contribution in [3.8, 4) is 27.9 Å². The number of benzene rings is 7. The number of rotatable bonds is 9. The average molecular weight is 739 g/mol. The average Bonchev–Trinajstić information content (AvgIpc) is 3.68. The first-order valence-electron chi connectivity index (χ1n) is 21.7. The van der Waals surface area contributed by atoms with Crippen LogP contribution in [0.1, 0.15) is 94.0 Å². The fourth-order valence-corrected chi connectivity index (χ4v) is 11.0. The summed E-state index contributed by atoms with van der Waals surface area (Å²) in [6, 6.07) is 47.8. The molecule has 0 N–H and O–H groups in total. The Hall–Kier alpha value is -5.54. The molecule has 280 valence electrons. The van der Waals surface area contributed by atoms with Crippen LogP contribution in [-0.2, 0) is 18.3 Å². The van der Waals surface area contributed by atoms with Crippen LogP contribution in [0, 0.1) is 6.92 Å². The molecule has 0 saturated carbocycles. The van der Waals surface area contributed by atoms with Gasteiger partial charge < -0.3 is 9.38 Å². The fourth-order valence-electron chi connectivity index (χ4n) is 11.0. The molecule has 0 atom stereocenters. The van der Waals surface area contributed by atoms with Crippen LogP contribution in [0.25, 0.3) is 60.5 Å². The number of unbranched alkanes of at least 4 members (excludes halogenated alkanes) is 4. The normalized spacial score (nSPS) is 14.3. The Balaban J connectivity index is 1.25. The highest BCUT2D eigenvalue weighted by Crippen LogP contribution is 2.54. The SMILES string of the molecule is CCCCCc1ccc(N2B3c4cc(CCCCC)ccc4-n4c5cc6ccccc6cc5c5c(C)cc(c3c54)-c3cc4c(cc32)-c2ccccc2C4(C)C)cc1. The second-order valence-electron chi connectivity index (χ2n) is 17.8. The highest BCUT2D eigenvalue weighted by Gasteiger charge is 2.46. The maximum absolute atomic E-state index is 2.74. The van der Waals surface area contributed by atoms with Gasteiger partial charge in [0, 0.05) is 38.8 Å². The molecule has 0 fully saturated rings. The van der Waals surface area contributed by atoms with Crippen LogP contribution in [0.2, 0.25) is 0 Å². The molecule has 3 aliphatic rings. The Labute approximate surface area is 338 Å². The molecule has 8 aromatic rings. The molecular formula is C54H51BN2. The predicted octanol–water partition coefficient (Wildman–Crippen LogP) is 13.3. The van der Waals surface area contributed by atoms with E-state index in [0.29, 0.717) is 0 Å². The molecule has 57 heavy (non-hydrogen) atoms. The van der Waals surface area contributed by atoms with Gasteiger partial charge in [-0.15, -0.1) is 0 Å². The first-order chi connectivity index (χ1) is 27.9. The molecule has 3 heterocycles. The van der Waals surface area contributed by atoms with Gasteiger partial charge in [0.15, 0.2) is 0 Å². The summed E-state index contributed by atoms with van der Waals surface area (Å²) in [6.45, 7) is 11.8. The van der Waals surface area contributed by atoms with E-state index < -0.39 is 0 Å². The van der Waals surface area contributed by atoms with Crippen LogP contribution < -0.4 is 15.7 Å². The van der Waals surface area contributed by atoms with Crippen LogP contribution in [0.4, 0.5) is 11.4 Å². The lowest BCUT2D eigenvalue weighted by Gasteiger charge is -2.43. The Kier molecular flexibility index (Phi) is 7.91. The van der Waals surface area contributed by atoms with Gasteiger partial charge in [0.05, 0.1) is 11.0 Å². The Morgan fingerprint density at radius 2 is 1.28 bits per heavy atom. The molecule has 0 saturated heterocycles. The van der Waals surface area contributed by atoms with E-state index in [2.05, 4.69) is 165 Å². The van der Waals surface area contributed by atoms with Gasteiger partial charge >= 0.3 is 6.85 Å². The Bertz CT molecular complexity index is 2930. The minimum Gasteiger partial charge on any atom is -0.376 e. The van der Waals surface area contributed by atoms with E-state index in [9.17, 15) is 0 Å². The third-order valence-corrected chi connectivity index (χ3v) is 13.9.